The van der Waals surface area contributed by atoms with Crippen LogP contribution >= 0.6 is 11.6 Å². The van der Waals surface area contributed by atoms with Crippen molar-refractivity contribution in [1.29, 1.82) is 0 Å². The molecule has 2 unspecified atom stereocenters. The van der Waals surface area contributed by atoms with Crippen molar-refractivity contribution in [3.63, 3.8) is 0 Å². The minimum absolute atomic E-state index is 0.161. The van der Waals surface area contributed by atoms with Gasteiger partial charge in [0.05, 0.1) is 5.52 Å². The second kappa shape index (κ2) is 5.97. The highest BCUT2D eigenvalue weighted by Crippen LogP contribution is 2.56. The van der Waals surface area contributed by atoms with Gasteiger partial charge in [0.2, 0.25) is 0 Å². The van der Waals surface area contributed by atoms with Crippen molar-refractivity contribution < 1.29 is 18.0 Å². The summed E-state index contributed by atoms with van der Waals surface area (Å²) < 4.78 is 41.4. The van der Waals surface area contributed by atoms with Crippen LogP contribution in [0, 0.1) is 23.6 Å². The van der Waals surface area contributed by atoms with E-state index in [9.17, 15) is 18.0 Å². The lowest BCUT2D eigenvalue weighted by atomic mass is 9.89. The summed E-state index contributed by atoms with van der Waals surface area (Å²) in [6.07, 6.45) is 3.92. The molecule has 0 N–H and O–H groups in total. The van der Waals surface area contributed by atoms with E-state index in [1.54, 1.807) is 12.3 Å². The van der Waals surface area contributed by atoms with Gasteiger partial charge in [0.1, 0.15) is 5.82 Å². The lowest BCUT2D eigenvalue weighted by molar-refractivity contribution is -0.142. The maximum atomic E-state index is 13.9. The minimum atomic E-state index is -3.44. The van der Waals surface area contributed by atoms with Gasteiger partial charge in [0.25, 0.3) is 5.24 Å². The van der Waals surface area contributed by atoms with Crippen LogP contribution in [-0.4, -0.2) is 16.1 Å². The highest BCUT2D eigenvalue weighted by atomic mass is 35.5. The number of halogens is 4. The van der Waals surface area contributed by atoms with E-state index in [-0.39, 0.29) is 23.6 Å². The highest BCUT2D eigenvalue weighted by molar-refractivity contribution is 6.65. The molecule has 0 bridgehead atoms. The number of fused-ring (bicyclic) bond motifs is 2. The number of nitrogens with zero attached hydrogens (tertiary/aromatic N) is 1. The maximum absolute atomic E-state index is 13.9. The largest absolute Gasteiger partial charge is 0.322 e. The molecule has 4 atom stereocenters. The van der Waals surface area contributed by atoms with E-state index >= 15 is 0 Å². The molecule has 2 saturated carbocycles. The minimum Gasteiger partial charge on any atom is -0.274 e. The SMILES string of the molecule is O=C(Cl)C(F)(F)C1C[C@H]2CC(c3ccnc4ccc(F)cc34)C[C@H]2C1. The van der Waals surface area contributed by atoms with Crippen molar-refractivity contribution in [2.75, 3.05) is 0 Å². The van der Waals surface area contributed by atoms with Crippen molar-refractivity contribution in [2.24, 2.45) is 17.8 Å². The number of pyridine rings is 1. The molecule has 6 heteroatoms. The fraction of sp³-hybridized carbons (Fsp3) is 0.474. The van der Waals surface area contributed by atoms with Crippen LogP contribution in [0.25, 0.3) is 10.9 Å². The summed E-state index contributed by atoms with van der Waals surface area (Å²) in [5.74, 6) is -4.17. The van der Waals surface area contributed by atoms with Crippen LogP contribution in [0.15, 0.2) is 30.5 Å². The first-order valence-corrected chi connectivity index (χ1v) is 8.86. The summed E-state index contributed by atoms with van der Waals surface area (Å²) in [7, 11) is 0. The van der Waals surface area contributed by atoms with Crippen LogP contribution in [0.2, 0.25) is 0 Å². The molecule has 2 aliphatic carbocycles. The van der Waals surface area contributed by atoms with E-state index in [2.05, 4.69) is 4.98 Å². The van der Waals surface area contributed by atoms with Gasteiger partial charge in [-0.15, -0.1) is 0 Å². The van der Waals surface area contributed by atoms with Crippen LogP contribution in [0.4, 0.5) is 13.2 Å². The lowest BCUT2D eigenvalue weighted by Gasteiger charge is -2.21. The lowest BCUT2D eigenvalue weighted by Crippen LogP contribution is -2.33. The van der Waals surface area contributed by atoms with Crippen LogP contribution in [0.5, 0.6) is 0 Å². The van der Waals surface area contributed by atoms with Gasteiger partial charge in [-0.2, -0.15) is 8.78 Å². The van der Waals surface area contributed by atoms with Gasteiger partial charge in [-0.05, 0) is 84.9 Å². The molecule has 2 aliphatic rings. The molecule has 1 heterocycles. The Kier molecular flexibility index (Phi) is 4.02. The fourth-order valence-electron chi connectivity index (χ4n) is 4.82. The van der Waals surface area contributed by atoms with Crippen LogP contribution in [0.3, 0.4) is 0 Å². The normalized spacial score (nSPS) is 29.1. The first kappa shape index (κ1) is 16.8. The van der Waals surface area contributed by atoms with Crippen LogP contribution in [-0.2, 0) is 4.79 Å². The number of carbonyl (C=O) groups excluding carboxylic acids is 1. The first-order chi connectivity index (χ1) is 11.9. The maximum Gasteiger partial charge on any atom is 0.322 e. The highest BCUT2D eigenvalue weighted by Gasteiger charge is 2.54. The third-order valence-corrected chi connectivity index (χ3v) is 6.22. The van der Waals surface area contributed by atoms with E-state index in [1.165, 1.54) is 12.1 Å². The number of alkyl halides is 2. The number of hydrogen-bond donors (Lipinski definition) is 0. The monoisotopic (exact) mass is 367 g/mol. The van der Waals surface area contributed by atoms with Gasteiger partial charge in [0, 0.05) is 17.5 Å². The average molecular weight is 368 g/mol. The molecule has 2 aromatic rings. The van der Waals surface area contributed by atoms with E-state index in [0.717, 1.165) is 29.3 Å². The van der Waals surface area contributed by atoms with Gasteiger partial charge in [-0.3, -0.25) is 9.78 Å². The molecule has 0 radical (unpaired) electrons. The summed E-state index contributed by atoms with van der Waals surface area (Å²) >= 11 is 5.08. The zero-order valence-corrected chi connectivity index (χ0v) is 14.1. The molecule has 0 saturated heterocycles. The summed E-state index contributed by atoms with van der Waals surface area (Å²) in [6.45, 7) is 0. The van der Waals surface area contributed by atoms with E-state index in [4.69, 9.17) is 11.6 Å². The number of carbonyl (C=O) groups is 1. The van der Waals surface area contributed by atoms with Crippen molar-refractivity contribution in [2.45, 2.75) is 37.5 Å². The molecule has 0 spiro atoms. The standard InChI is InChI=1S/C19H17ClF3NO/c20-18(25)19(22,23)13-7-10-5-12(6-11(10)8-13)15-3-4-24-17-2-1-14(21)9-16(15)17/h1-4,9-13H,5-8H2/t10-,11+,12?,13?. The number of rotatable bonds is 3. The Morgan fingerprint density at radius 3 is 2.44 bits per heavy atom. The van der Waals surface area contributed by atoms with Gasteiger partial charge in [-0.1, -0.05) is 0 Å². The second-order valence-corrected chi connectivity index (χ2v) is 7.66. The first-order valence-electron chi connectivity index (χ1n) is 8.48. The van der Waals surface area contributed by atoms with Gasteiger partial charge < -0.3 is 0 Å². The topological polar surface area (TPSA) is 30.0 Å². The quantitative estimate of drug-likeness (QED) is 0.689. The summed E-state index contributed by atoms with van der Waals surface area (Å²) in [5.41, 5.74) is 1.78. The molecule has 132 valence electrons. The summed E-state index contributed by atoms with van der Waals surface area (Å²) in [6, 6.07) is 6.45. The van der Waals surface area contributed by atoms with Gasteiger partial charge in [0.15, 0.2) is 0 Å². The molecule has 2 nitrogen and oxygen atoms in total. The Morgan fingerprint density at radius 1 is 1.12 bits per heavy atom. The zero-order valence-electron chi connectivity index (χ0n) is 13.4. The molecule has 0 amide bonds. The van der Waals surface area contributed by atoms with Crippen LogP contribution < -0.4 is 0 Å². The summed E-state index contributed by atoms with van der Waals surface area (Å²) in [5, 5.41) is -0.755. The Morgan fingerprint density at radius 2 is 1.80 bits per heavy atom. The number of aromatic nitrogens is 1. The van der Waals surface area contributed by atoms with Gasteiger partial charge in [-0.25, -0.2) is 4.39 Å². The van der Waals surface area contributed by atoms with Crippen molar-refractivity contribution in [1.82, 2.24) is 4.98 Å². The smallest absolute Gasteiger partial charge is 0.274 e. The zero-order chi connectivity index (χ0) is 17.8. The second-order valence-electron chi connectivity index (χ2n) is 7.32. The Bertz CT molecular complexity index is 827. The van der Waals surface area contributed by atoms with Crippen LogP contribution in [0.1, 0.15) is 37.2 Å². The Labute approximate surface area is 148 Å². The fourth-order valence-corrected chi connectivity index (χ4v) is 4.98. The number of hydrogen-bond acceptors (Lipinski definition) is 2. The van der Waals surface area contributed by atoms with Crippen molar-refractivity contribution >= 4 is 27.7 Å². The summed E-state index contributed by atoms with van der Waals surface area (Å²) in [4.78, 5) is 15.3. The van der Waals surface area contributed by atoms with E-state index in [0.29, 0.717) is 12.8 Å². The molecule has 25 heavy (non-hydrogen) atoms. The predicted octanol–water partition coefficient (Wildman–Crippen LogP) is 5.29. The molecule has 1 aromatic carbocycles. The third kappa shape index (κ3) is 2.82. The molecule has 1 aromatic heterocycles. The Balaban J connectivity index is 1.56. The Hall–Kier alpha value is -1.62. The molecular weight excluding hydrogens is 351 g/mol. The third-order valence-electron chi connectivity index (χ3n) is 5.97. The van der Waals surface area contributed by atoms with Gasteiger partial charge >= 0.3 is 5.92 Å². The average Bonchev–Trinajstić information content (AvgIpc) is 3.13. The predicted molar refractivity (Wildman–Crippen MR) is 89.2 cm³/mol. The molecular formula is C19H17ClF3NO. The van der Waals surface area contributed by atoms with Crippen molar-refractivity contribution in [3.05, 3.63) is 41.8 Å². The van der Waals surface area contributed by atoms with Crippen molar-refractivity contribution in [3.8, 4) is 0 Å². The van der Waals surface area contributed by atoms with E-state index in [1.807, 2.05) is 6.07 Å². The molecule has 4 rings (SSSR count). The van der Waals surface area contributed by atoms with E-state index < -0.39 is 17.1 Å². The molecule has 0 aliphatic heterocycles. The number of benzene rings is 1. The molecule has 2 fully saturated rings.